The lowest BCUT2D eigenvalue weighted by atomic mass is 10.2. The summed E-state index contributed by atoms with van der Waals surface area (Å²) in [4.78, 5) is 11.4. The standard InChI is InChI=1S/C17H14N2O4S/c1-12(20)14-8-5-9-15(10-14)24(21,22)19-17-11-16(18-23-17)13-6-3-2-4-7-13/h2-11,19H,1H3. The number of aromatic nitrogens is 1. The van der Waals surface area contributed by atoms with Gasteiger partial charge < -0.3 is 4.52 Å². The van der Waals surface area contributed by atoms with Crippen LogP contribution < -0.4 is 4.72 Å². The van der Waals surface area contributed by atoms with E-state index >= 15 is 0 Å². The summed E-state index contributed by atoms with van der Waals surface area (Å²) in [6, 6.07) is 16.5. The fraction of sp³-hybridized carbons (Fsp3) is 0.0588. The normalized spacial score (nSPS) is 11.2. The summed E-state index contributed by atoms with van der Waals surface area (Å²) in [7, 11) is -3.87. The number of anilines is 1. The molecule has 1 N–H and O–H groups in total. The molecule has 1 aromatic heterocycles. The molecule has 3 rings (SSSR count). The lowest BCUT2D eigenvalue weighted by Gasteiger charge is -2.05. The fourth-order valence-electron chi connectivity index (χ4n) is 2.14. The van der Waals surface area contributed by atoms with Gasteiger partial charge in [-0.05, 0) is 19.1 Å². The van der Waals surface area contributed by atoms with E-state index in [2.05, 4.69) is 9.88 Å². The molecule has 3 aromatic rings. The second-order valence-corrected chi connectivity index (χ2v) is 6.81. The number of rotatable bonds is 5. The Kier molecular flexibility index (Phi) is 4.18. The summed E-state index contributed by atoms with van der Waals surface area (Å²) in [5.74, 6) is -0.208. The summed E-state index contributed by atoms with van der Waals surface area (Å²) < 4.78 is 32.2. The third kappa shape index (κ3) is 3.36. The predicted molar refractivity (Wildman–Crippen MR) is 89.2 cm³/mol. The highest BCUT2D eigenvalue weighted by Crippen LogP contribution is 2.23. The number of hydrogen-bond acceptors (Lipinski definition) is 5. The maximum absolute atomic E-state index is 12.4. The molecule has 24 heavy (non-hydrogen) atoms. The molecule has 7 heteroatoms. The first-order valence-corrected chi connectivity index (χ1v) is 8.60. The van der Waals surface area contributed by atoms with Crippen LogP contribution in [0.25, 0.3) is 11.3 Å². The van der Waals surface area contributed by atoms with Gasteiger partial charge in [0.05, 0.1) is 4.90 Å². The van der Waals surface area contributed by atoms with Gasteiger partial charge in [-0.25, -0.2) is 13.1 Å². The minimum atomic E-state index is -3.87. The average Bonchev–Trinajstić information content (AvgIpc) is 3.03. The predicted octanol–water partition coefficient (Wildman–Crippen LogP) is 3.35. The van der Waals surface area contributed by atoms with E-state index in [0.29, 0.717) is 11.3 Å². The maximum atomic E-state index is 12.4. The lowest BCUT2D eigenvalue weighted by Crippen LogP contribution is -2.13. The zero-order chi connectivity index (χ0) is 17.2. The Morgan fingerprint density at radius 2 is 1.79 bits per heavy atom. The molecule has 0 aliphatic carbocycles. The van der Waals surface area contributed by atoms with E-state index in [9.17, 15) is 13.2 Å². The topological polar surface area (TPSA) is 89.3 Å². The van der Waals surface area contributed by atoms with Crippen molar-refractivity contribution in [2.75, 3.05) is 4.72 Å². The van der Waals surface area contributed by atoms with Gasteiger partial charge in [-0.1, -0.05) is 47.6 Å². The van der Waals surface area contributed by atoms with Crippen molar-refractivity contribution in [2.45, 2.75) is 11.8 Å². The summed E-state index contributed by atoms with van der Waals surface area (Å²) in [5.41, 5.74) is 1.65. The molecule has 2 aromatic carbocycles. The molecular formula is C17H14N2O4S. The van der Waals surface area contributed by atoms with Crippen molar-refractivity contribution < 1.29 is 17.7 Å². The van der Waals surface area contributed by atoms with Crippen LogP contribution in [0.2, 0.25) is 0 Å². The van der Waals surface area contributed by atoms with Crippen molar-refractivity contribution >= 4 is 21.7 Å². The molecule has 0 radical (unpaired) electrons. The van der Waals surface area contributed by atoms with Crippen LogP contribution in [0.4, 0.5) is 5.88 Å². The monoisotopic (exact) mass is 342 g/mol. The second-order valence-electron chi connectivity index (χ2n) is 5.13. The molecule has 6 nitrogen and oxygen atoms in total. The van der Waals surface area contributed by atoms with Gasteiger partial charge in [0.1, 0.15) is 5.69 Å². The van der Waals surface area contributed by atoms with Gasteiger partial charge >= 0.3 is 0 Å². The van der Waals surface area contributed by atoms with Crippen molar-refractivity contribution in [3.8, 4) is 11.3 Å². The highest BCUT2D eigenvalue weighted by Gasteiger charge is 2.18. The summed E-state index contributed by atoms with van der Waals surface area (Å²) in [6.07, 6.45) is 0. The van der Waals surface area contributed by atoms with Gasteiger partial charge in [0.25, 0.3) is 10.0 Å². The Bertz CT molecular complexity index is 979. The van der Waals surface area contributed by atoms with Gasteiger partial charge in [-0.2, -0.15) is 0 Å². The minimum Gasteiger partial charge on any atom is -0.337 e. The first-order valence-electron chi connectivity index (χ1n) is 7.12. The van der Waals surface area contributed by atoms with Crippen molar-refractivity contribution in [1.82, 2.24) is 5.16 Å². The van der Waals surface area contributed by atoms with E-state index < -0.39 is 10.0 Å². The van der Waals surface area contributed by atoms with Crippen molar-refractivity contribution in [2.24, 2.45) is 0 Å². The van der Waals surface area contributed by atoms with Crippen LogP contribution in [0, 0.1) is 0 Å². The smallest absolute Gasteiger partial charge is 0.264 e. The Labute approximate surface area is 139 Å². The van der Waals surface area contributed by atoms with Gasteiger partial charge in [0.15, 0.2) is 5.78 Å². The van der Waals surface area contributed by atoms with Crippen molar-refractivity contribution in [3.05, 3.63) is 66.2 Å². The van der Waals surface area contributed by atoms with Crippen molar-refractivity contribution in [3.63, 3.8) is 0 Å². The van der Waals surface area contributed by atoms with Gasteiger partial charge in [0.2, 0.25) is 5.88 Å². The number of carbonyl (C=O) groups is 1. The SMILES string of the molecule is CC(=O)c1cccc(S(=O)(=O)Nc2cc(-c3ccccc3)no2)c1. The largest absolute Gasteiger partial charge is 0.337 e. The maximum Gasteiger partial charge on any atom is 0.264 e. The van der Waals surface area contributed by atoms with Crippen LogP contribution in [-0.2, 0) is 10.0 Å². The number of Topliss-reactive ketones (excluding diaryl/α,β-unsaturated/α-hetero) is 1. The quantitative estimate of drug-likeness (QED) is 0.718. The zero-order valence-electron chi connectivity index (χ0n) is 12.8. The van der Waals surface area contributed by atoms with E-state index in [4.69, 9.17) is 4.52 Å². The fourth-order valence-corrected chi connectivity index (χ4v) is 3.16. The molecule has 122 valence electrons. The minimum absolute atomic E-state index is 0.00193. The van der Waals surface area contributed by atoms with Crippen LogP contribution in [0.15, 0.2) is 70.1 Å². The molecule has 1 heterocycles. The third-order valence-electron chi connectivity index (χ3n) is 3.37. The number of nitrogens with one attached hydrogen (secondary N) is 1. The lowest BCUT2D eigenvalue weighted by molar-refractivity contribution is 0.101. The molecule has 0 spiro atoms. The Balaban J connectivity index is 1.87. The van der Waals surface area contributed by atoms with E-state index in [1.54, 1.807) is 6.07 Å². The van der Waals surface area contributed by atoms with Crippen molar-refractivity contribution in [1.29, 1.82) is 0 Å². The first kappa shape index (κ1) is 15.9. The van der Waals surface area contributed by atoms with Crippen LogP contribution in [-0.4, -0.2) is 19.4 Å². The van der Waals surface area contributed by atoms with Gasteiger partial charge in [0, 0.05) is 17.2 Å². The summed E-state index contributed by atoms with van der Waals surface area (Å²) >= 11 is 0. The molecule has 0 atom stereocenters. The van der Waals surface area contributed by atoms with Gasteiger partial charge in [-0.15, -0.1) is 0 Å². The number of ketones is 1. The number of benzene rings is 2. The Morgan fingerprint density at radius 1 is 1.04 bits per heavy atom. The summed E-state index contributed by atoms with van der Waals surface area (Å²) in [5, 5.41) is 3.85. The second kappa shape index (κ2) is 6.29. The van der Waals surface area contributed by atoms with Crippen LogP contribution in [0.3, 0.4) is 0 Å². The van der Waals surface area contributed by atoms with Crippen LogP contribution >= 0.6 is 0 Å². The van der Waals surface area contributed by atoms with E-state index in [0.717, 1.165) is 5.56 Å². The molecule has 0 saturated heterocycles. The van der Waals surface area contributed by atoms with E-state index in [1.807, 2.05) is 30.3 Å². The van der Waals surface area contributed by atoms with Crippen LogP contribution in [0.5, 0.6) is 0 Å². The average molecular weight is 342 g/mol. The molecule has 0 bridgehead atoms. The van der Waals surface area contributed by atoms with Gasteiger partial charge in [-0.3, -0.25) is 4.79 Å². The molecule has 0 saturated carbocycles. The molecule has 0 aliphatic rings. The molecular weight excluding hydrogens is 328 g/mol. The third-order valence-corrected chi connectivity index (χ3v) is 4.71. The van der Waals surface area contributed by atoms with E-state index in [1.165, 1.54) is 31.2 Å². The highest BCUT2D eigenvalue weighted by molar-refractivity contribution is 7.92. The van der Waals surface area contributed by atoms with E-state index in [-0.39, 0.29) is 16.6 Å². The molecule has 0 aliphatic heterocycles. The summed E-state index contributed by atoms with van der Waals surface area (Å²) in [6.45, 7) is 1.38. The van der Waals surface area contributed by atoms with Crippen LogP contribution in [0.1, 0.15) is 17.3 Å². The number of sulfonamides is 1. The first-order chi connectivity index (χ1) is 11.5. The molecule has 0 fully saturated rings. The number of carbonyl (C=O) groups excluding carboxylic acids is 1. The number of hydrogen-bond donors (Lipinski definition) is 1. The molecule has 0 unspecified atom stereocenters. The Hall–Kier alpha value is -2.93. The molecule has 0 amide bonds. The highest BCUT2D eigenvalue weighted by atomic mass is 32.2. The number of nitrogens with zero attached hydrogens (tertiary/aromatic N) is 1. The zero-order valence-corrected chi connectivity index (χ0v) is 13.6. The Morgan fingerprint density at radius 3 is 2.50 bits per heavy atom.